The minimum Gasteiger partial charge on any atom is -0.322 e. The zero-order chi connectivity index (χ0) is 20.9. The minimum absolute atomic E-state index is 0.0326. The molecule has 0 unspecified atom stereocenters. The number of benzene rings is 3. The molecule has 8 heteroatoms. The SMILES string of the molecule is N#CCc1ccc(NC(=O)c2ccccc2NS(=O)(=O)c2ccc(Cl)cc2)cc1. The highest BCUT2D eigenvalue weighted by Gasteiger charge is 2.18. The molecule has 0 atom stereocenters. The van der Waals surface area contributed by atoms with Crippen molar-refractivity contribution in [2.24, 2.45) is 0 Å². The van der Waals surface area contributed by atoms with Crippen molar-refractivity contribution >= 4 is 38.9 Å². The van der Waals surface area contributed by atoms with Crippen molar-refractivity contribution in [3.8, 4) is 6.07 Å². The van der Waals surface area contributed by atoms with Crippen LogP contribution < -0.4 is 10.0 Å². The topological polar surface area (TPSA) is 99.1 Å². The first kappa shape index (κ1) is 20.4. The summed E-state index contributed by atoms with van der Waals surface area (Å²) in [5, 5.41) is 11.9. The molecule has 0 aliphatic carbocycles. The summed E-state index contributed by atoms with van der Waals surface area (Å²) in [6, 6.07) is 21.0. The van der Waals surface area contributed by atoms with E-state index < -0.39 is 15.9 Å². The smallest absolute Gasteiger partial charge is 0.261 e. The number of nitrogens with zero attached hydrogens (tertiary/aromatic N) is 1. The van der Waals surface area contributed by atoms with Crippen LogP contribution in [0, 0.1) is 11.3 Å². The zero-order valence-electron chi connectivity index (χ0n) is 15.1. The van der Waals surface area contributed by atoms with Gasteiger partial charge < -0.3 is 5.32 Å². The lowest BCUT2D eigenvalue weighted by atomic mass is 10.1. The van der Waals surface area contributed by atoms with Gasteiger partial charge in [0.1, 0.15) is 0 Å². The lowest BCUT2D eigenvalue weighted by Gasteiger charge is -2.13. The number of hydrogen-bond donors (Lipinski definition) is 2. The monoisotopic (exact) mass is 425 g/mol. The number of nitriles is 1. The van der Waals surface area contributed by atoms with E-state index in [1.807, 2.05) is 0 Å². The first-order chi connectivity index (χ1) is 13.9. The first-order valence-electron chi connectivity index (χ1n) is 8.54. The molecule has 0 aliphatic rings. The molecular weight excluding hydrogens is 410 g/mol. The second-order valence-corrected chi connectivity index (χ2v) is 8.21. The van der Waals surface area contributed by atoms with Crippen molar-refractivity contribution < 1.29 is 13.2 Å². The average Bonchev–Trinajstić information content (AvgIpc) is 2.70. The van der Waals surface area contributed by atoms with Gasteiger partial charge >= 0.3 is 0 Å². The number of para-hydroxylation sites is 1. The van der Waals surface area contributed by atoms with Crippen molar-refractivity contribution in [1.29, 1.82) is 5.26 Å². The van der Waals surface area contributed by atoms with Crippen molar-refractivity contribution in [2.75, 3.05) is 10.0 Å². The highest BCUT2D eigenvalue weighted by Crippen LogP contribution is 2.22. The summed E-state index contributed by atoms with van der Waals surface area (Å²) in [4.78, 5) is 12.7. The Morgan fingerprint density at radius 2 is 1.62 bits per heavy atom. The highest BCUT2D eigenvalue weighted by atomic mass is 35.5. The van der Waals surface area contributed by atoms with E-state index in [4.69, 9.17) is 16.9 Å². The van der Waals surface area contributed by atoms with Gasteiger partial charge in [0.2, 0.25) is 0 Å². The van der Waals surface area contributed by atoms with Crippen LogP contribution in [0.3, 0.4) is 0 Å². The van der Waals surface area contributed by atoms with E-state index in [2.05, 4.69) is 16.1 Å². The number of amides is 1. The summed E-state index contributed by atoms with van der Waals surface area (Å²) in [6.45, 7) is 0. The summed E-state index contributed by atoms with van der Waals surface area (Å²) < 4.78 is 27.7. The number of sulfonamides is 1. The predicted molar refractivity (Wildman–Crippen MR) is 112 cm³/mol. The molecule has 0 fully saturated rings. The molecule has 3 aromatic rings. The lowest BCUT2D eigenvalue weighted by Crippen LogP contribution is -2.18. The van der Waals surface area contributed by atoms with Gasteiger partial charge in [-0.2, -0.15) is 5.26 Å². The largest absolute Gasteiger partial charge is 0.322 e. The Hall–Kier alpha value is -3.34. The molecule has 0 saturated carbocycles. The molecule has 2 N–H and O–H groups in total. The van der Waals surface area contributed by atoms with Crippen LogP contribution in [0.1, 0.15) is 15.9 Å². The van der Waals surface area contributed by atoms with Crippen molar-refractivity contribution in [1.82, 2.24) is 0 Å². The molecule has 0 aliphatic heterocycles. The molecule has 0 heterocycles. The fourth-order valence-electron chi connectivity index (χ4n) is 2.58. The van der Waals surface area contributed by atoms with E-state index in [9.17, 15) is 13.2 Å². The molecule has 3 rings (SSSR count). The molecule has 0 bridgehead atoms. The van der Waals surface area contributed by atoms with E-state index >= 15 is 0 Å². The fourth-order valence-corrected chi connectivity index (χ4v) is 3.79. The second kappa shape index (κ2) is 8.78. The number of anilines is 2. The molecule has 0 spiro atoms. The van der Waals surface area contributed by atoms with Crippen molar-refractivity contribution in [3.63, 3.8) is 0 Å². The van der Waals surface area contributed by atoms with E-state index in [1.54, 1.807) is 36.4 Å². The van der Waals surface area contributed by atoms with Crippen LogP contribution >= 0.6 is 11.6 Å². The molecule has 0 saturated heterocycles. The Kier molecular flexibility index (Phi) is 6.17. The molecule has 1 amide bonds. The predicted octanol–water partition coefficient (Wildman–Crippen LogP) is 4.46. The summed E-state index contributed by atoms with van der Waals surface area (Å²) in [7, 11) is -3.89. The normalized spacial score (nSPS) is 10.8. The maximum Gasteiger partial charge on any atom is 0.261 e. The van der Waals surface area contributed by atoms with Gasteiger partial charge in [-0.3, -0.25) is 9.52 Å². The van der Waals surface area contributed by atoms with Crippen LogP contribution in [-0.4, -0.2) is 14.3 Å². The van der Waals surface area contributed by atoms with Gasteiger partial charge in [-0.05, 0) is 54.1 Å². The van der Waals surface area contributed by atoms with Crippen LogP contribution in [0.4, 0.5) is 11.4 Å². The Balaban J connectivity index is 1.82. The Morgan fingerprint density at radius 1 is 0.966 bits per heavy atom. The van der Waals surface area contributed by atoms with Gasteiger partial charge in [-0.15, -0.1) is 0 Å². The van der Waals surface area contributed by atoms with Crippen LogP contribution in [0.25, 0.3) is 0 Å². The summed E-state index contributed by atoms with van der Waals surface area (Å²) in [5.74, 6) is -0.465. The molecule has 0 aromatic heterocycles. The van der Waals surface area contributed by atoms with Gasteiger partial charge in [-0.1, -0.05) is 35.9 Å². The molecule has 6 nitrogen and oxygen atoms in total. The van der Waals surface area contributed by atoms with Gasteiger partial charge in [-0.25, -0.2) is 8.42 Å². The van der Waals surface area contributed by atoms with Gasteiger partial charge in [0.15, 0.2) is 0 Å². The minimum atomic E-state index is -3.89. The van der Waals surface area contributed by atoms with Crippen LogP contribution in [0.15, 0.2) is 77.7 Å². The van der Waals surface area contributed by atoms with Crippen molar-refractivity contribution in [3.05, 3.63) is 88.9 Å². The third kappa shape index (κ3) is 5.13. The third-order valence-corrected chi connectivity index (χ3v) is 5.67. The second-order valence-electron chi connectivity index (χ2n) is 6.09. The number of carbonyl (C=O) groups excluding carboxylic acids is 1. The highest BCUT2D eigenvalue weighted by molar-refractivity contribution is 7.92. The molecule has 29 heavy (non-hydrogen) atoms. The molecular formula is C21H16ClN3O3S. The van der Waals surface area contributed by atoms with Crippen LogP contribution in [-0.2, 0) is 16.4 Å². The van der Waals surface area contributed by atoms with E-state index in [0.717, 1.165) is 5.56 Å². The van der Waals surface area contributed by atoms with Gasteiger partial charge in [0, 0.05) is 10.7 Å². The number of hydrogen-bond acceptors (Lipinski definition) is 4. The standard InChI is InChI=1S/C21H16ClN3O3S/c22-16-7-11-18(12-8-16)29(27,28)25-20-4-2-1-3-19(20)21(26)24-17-9-5-15(6-10-17)13-14-23/h1-12,25H,13H2,(H,24,26). The number of rotatable bonds is 6. The van der Waals surface area contributed by atoms with Crippen LogP contribution in [0.5, 0.6) is 0 Å². The van der Waals surface area contributed by atoms with Crippen LogP contribution in [0.2, 0.25) is 5.02 Å². The molecule has 0 radical (unpaired) electrons. The maximum atomic E-state index is 12.7. The van der Waals surface area contributed by atoms with E-state index in [0.29, 0.717) is 10.7 Å². The van der Waals surface area contributed by atoms with Crippen molar-refractivity contribution in [2.45, 2.75) is 11.3 Å². The maximum absolute atomic E-state index is 12.7. The summed E-state index contributed by atoms with van der Waals surface area (Å²) >= 11 is 5.81. The third-order valence-electron chi connectivity index (χ3n) is 4.03. The molecule has 146 valence electrons. The van der Waals surface area contributed by atoms with E-state index in [-0.39, 0.29) is 22.6 Å². The first-order valence-corrected chi connectivity index (χ1v) is 10.4. The molecule has 3 aromatic carbocycles. The average molecular weight is 426 g/mol. The lowest BCUT2D eigenvalue weighted by molar-refractivity contribution is 0.102. The zero-order valence-corrected chi connectivity index (χ0v) is 16.7. The van der Waals surface area contributed by atoms with Gasteiger partial charge in [0.05, 0.1) is 28.6 Å². The Morgan fingerprint density at radius 3 is 2.28 bits per heavy atom. The quantitative estimate of drug-likeness (QED) is 0.609. The van der Waals surface area contributed by atoms with Gasteiger partial charge in [0.25, 0.3) is 15.9 Å². The number of halogens is 1. The summed E-state index contributed by atoms with van der Waals surface area (Å²) in [6.07, 6.45) is 0.281. The fraction of sp³-hybridized carbons (Fsp3) is 0.0476. The summed E-state index contributed by atoms with van der Waals surface area (Å²) in [5.41, 5.74) is 1.70. The van der Waals surface area contributed by atoms with E-state index in [1.165, 1.54) is 36.4 Å². The Labute approximate surface area is 173 Å². The number of carbonyl (C=O) groups is 1. The Bertz CT molecular complexity index is 1170. The number of nitrogens with one attached hydrogen (secondary N) is 2.